The molecule has 1 saturated heterocycles. The van der Waals surface area contributed by atoms with E-state index in [1.807, 2.05) is 66.7 Å². The summed E-state index contributed by atoms with van der Waals surface area (Å²) in [5, 5.41) is 4.94. The molecule has 0 amide bonds. The molecule has 1 aliphatic heterocycles. The van der Waals surface area contributed by atoms with Crippen LogP contribution in [-0.4, -0.2) is 38.5 Å². The maximum atomic E-state index is 13.8. The molecule has 1 aliphatic rings. The van der Waals surface area contributed by atoms with Gasteiger partial charge in [-0.25, -0.2) is 0 Å². The smallest absolute Gasteiger partial charge is 0.263 e. The highest BCUT2D eigenvalue weighted by Gasteiger charge is 2.15. The topological polar surface area (TPSA) is 61.7 Å². The average molecular weight is 499 g/mol. The quantitative estimate of drug-likeness (QED) is 0.294. The molecule has 1 fully saturated rings. The van der Waals surface area contributed by atoms with Crippen molar-refractivity contribution in [2.75, 3.05) is 33.9 Å². The van der Waals surface area contributed by atoms with E-state index in [1.54, 1.807) is 24.9 Å². The number of rotatable bonds is 9. The third kappa shape index (κ3) is 5.65. The van der Waals surface area contributed by atoms with Crippen molar-refractivity contribution >= 4 is 10.8 Å². The summed E-state index contributed by atoms with van der Waals surface area (Å²) in [6, 6.07) is 23.2. The minimum atomic E-state index is -0.100. The van der Waals surface area contributed by atoms with Gasteiger partial charge in [0.05, 0.1) is 31.9 Å². The van der Waals surface area contributed by atoms with Crippen molar-refractivity contribution in [2.24, 2.45) is 5.92 Å². The second kappa shape index (κ2) is 11.5. The lowest BCUT2D eigenvalue weighted by atomic mass is 9.95. The minimum absolute atomic E-state index is 0.100. The van der Waals surface area contributed by atoms with Crippen LogP contribution in [0.1, 0.15) is 25.7 Å². The first-order valence-electron chi connectivity index (χ1n) is 13.0. The number of piperidine rings is 1. The number of nitrogens with one attached hydrogen (secondary N) is 1. The number of pyridine rings is 1. The molecule has 6 heteroatoms. The molecule has 1 N–H and O–H groups in total. The Morgan fingerprint density at radius 2 is 1.62 bits per heavy atom. The molecule has 3 aromatic carbocycles. The molecule has 37 heavy (non-hydrogen) atoms. The molecule has 5 rings (SSSR count). The Labute approximate surface area is 217 Å². The normalized spacial score (nSPS) is 15.5. The Bertz CT molecular complexity index is 1390. The van der Waals surface area contributed by atoms with Gasteiger partial charge in [-0.2, -0.15) is 0 Å². The van der Waals surface area contributed by atoms with Gasteiger partial charge in [-0.1, -0.05) is 6.07 Å². The van der Waals surface area contributed by atoms with Crippen LogP contribution in [0.3, 0.4) is 0 Å². The zero-order valence-corrected chi connectivity index (χ0v) is 21.5. The van der Waals surface area contributed by atoms with Gasteiger partial charge in [0.2, 0.25) is 0 Å². The lowest BCUT2D eigenvalue weighted by molar-refractivity contribution is 0.275. The van der Waals surface area contributed by atoms with Crippen LogP contribution in [0, 0.1) is 5.92 Å². The SMILES string of the molecule is COc1ccc(-c2cc3ccc(OC)cc3c(=O)n2-c2ccc(OCCCC3CCCNC3)cc2)cc1. The molecule has 1 aromatic heterocycles. The Kier molecular flexibility index (Phi) is 7.76. The van der Waals surface area contributed by atoms with Crippen LogP contribution in [0.15, 0.2) is 77.6 Å². The van der Waals surface area contributed by atoms with Gasteiger partial charge >= 0.3 is 0 Å². The fourth-order valence-corrected chi connectivity index (χ4v) is 5.07. The van der Waals surface area contributed by atoms with E-state index in [-0.39, 0.29) is 5.56 Å². The number of methoxy groups -OCH3 is 2. The molecule has 6 nitrogen and oxygen atoms in total. The number of aromatic nitrogens is 1. The van der Waals surface area contributed by atoms with Crippen molar-refractivity contribution < 1.29 is 14.2 Å². The number of nitrogens with zero attached hydrogens (tertiary/aromatic N) is 1. The highest BCUT2D eigenvalue weighted by atomic mass is 16.5. The van der Waals surface area contributed by atoms with Gasteiger partial charge < -0.3 is 19.5 Å². The predicted molar refractivity (Wildman–Crippen MR) is 148 cm³/mol. The molecule has 1 unspecified atom stereocenters. The first-order valence-corrected chi connectivity index (χ1v) is 13.0. The molecule has 0 saturated carbocycles. The van der Waals surface area contributed by atoms with Crippen LogP contribution in [0.2, 0.25) is 0 Å². The van der Waals surface area contributed by atoms with E-state index < -0.39 is 0 Å². The summed E-state index contributed by atoms with van der Waals surface area (Å²) in [7, 11) is 3.25. The van der Waals surface area contributed by atoms with Crippen molar-refractivity contribution in [3.63, 3.8) is 0 Å². The van der Waals surface area contributed by atoms with Crippen LogP contribution in [-0.2, 0) is 0 Å². The van der Waals surface area contributed by atoms with E-state index in [1.165, 1.54) is 19.3 Å². The highest BCUT2D eigenvalue weighted by Crippen LogP contribution is 2.29. The predicted octanol–water partition coefficient (Wildman–Crippen LogP) is 5.83. The molecule has 4 aromatic rings. The Hall–Kier alpha value is -3.77. The monoisotopic (exact) mass is 498 g/mol. The van der Waals surface area contributed by atoms with Crippen LogP contribution < -0.4 is 25.1 Å². The minimum Gasteiger partial charge on any atom is -0.497 e. The third-order valence-electron chi connectivity index (χ3n) is 7.13. The number of hydrogen-bond acceptors (Lipinski definition) is 5. The second-order valence-corrected chi connectivity index (χ2v) is 9.55. The first kappa shape index (κ1) is 24.9. The van der Waals surface area contributed by atoms with Crippen molar-refractivity contribution in [3.8, 4) is 34.2 Å². The maximum Gasteiger partial charge on any atom is 0.263 e. The third-order valence-corrected chi connectivity index (χ3v) is 7.13. The van der Waals surface area contributed by atoms with Crippen LogP contribution >= 0.6 is 0 Å². The average Bonchev–Trinajstić information content (AvgIpc) is 2.96. The zero-order valence-electron chi connectivity index (χ0n) is 21.5. The Balaban J connectivity index is 1.43. The standard InChI is InChI=1S/C31H34N2O4/c1-35-26-12-7-23(8-13-26)30-19-24-9-14-28(36-2)20-29(24)31(34)33(30)25-10-15-27(16-11-25)37-18-4-6-22-5-3-17-32-21-22/h7-16,19-20,22,32H,3-6,17-18,21H2,1-2H3. The first-order chi connectivity index (χ1) is 18.2. The fraction of sp³-hybridized carbons (Fsp3) is 0.323. The molecule has 192 valence electrons. The molecule has 2 heterocycles. The van der Waals surface area contributed by atoms with Gasteiger partial charge in [-0.05, 0) is 122 Å². The molecule has 0 radical (unpaired) electrons. The molecule has 0 spiro atoms. The molecular weight excluding hydrogens is 464 g/mol. The highest BCUT2D eigenvalue weighted by molar-refractivity contribution is 5.87. The van der Waals surface area contributed by atoms with Crippen molar-refractivity contribution in [1.82, 2.24) is 9.88 Å². The van der Waals surface area contributed by atoms with E-state index in [9.17, 15) is 4.79 Å². The fourth-order valence-electron chi connectivity index (χ4n) is 5.07. The summed E-state index contributed by atoms with van der Waals surface area (Å²) in [4.78, 5) is 13.8. The summed E-state index contributed by atoms with van der Waals surface area (Å²) >= 11 is 0. The van der Waals surface area contributed by atoms with Gasteiger partial charge in [-0.15, -0.1) is 0 Å². The van der Waals surface area contributed by atoms with Crippen LogP contribution in [0.5, 0.6) is 17.2 Å². The number of hydrogen-bond donors (Lipinski definition) is 1. The van der Waals surface area contributed by atoms with E-state index >= 15 is 0 Å². The van der Waals surface area contributed by atoms with E-state index in [2.05, 4.69) is 5.32 Å². The van der Waals surface area contributed by atoms with E-state index in [0.717, 1.165) is 59.3 Å². The summed E-state index contributed by atoms with van der Waals surface area (Å²) < 4.78 is 18.5. The van der Waals surface area contributed by atoms with Gasteiger partial charge in [-0.3, -0.25) is 9.36 Å². The van der Waals surface area contributed by atoms with Gasteiger partial charge in [0.25, 0.3) is 5.56 Å². The zero-order chi connectivity index (χ0) is 25.6. The van der Waals surface area contributed by atoms with Gasteiger partial charge in [0.15, 0.2) is 0 Å². The lowest BCUT2D eigenvalue weighted by Crippen LogP contribution is -2.29. The number of ether oxygens (including phenoxy) is 3. The summed E-state index contributed by atoms with van der Waals surface area (Å²) in [6.07, 6.45) is 4.81. The molecule has 0 bridgehead atoms. The summed E-state index contributed by atoms with van der Waals surface area (Å²) in [5.41, 5.74) is 2.41. The summed E-state index contributed by atoms with van der Waals surface area (Å²) in [6.45, 7) is 2.97. The lowest BCUT2D eigenvalue weighted by Gasteiger charge is -2.22. The summed E-state index contributed by atoms with van der Waals surface area (Å²) in [5.74, 6) is 2.99. The van der Waals surface area contributed by atoms with Crippen molar-refractivity contribution in [2.45, 2.75) is 25.7 Å². The van der Waals surface area contributed by atoms with Crippen LogP contribution in [0.25, 0.3) is 27.7 Å². The molecule has 0 aliphatic carbocycles. The second-order valence-electron chi connectivity index (χ2n) is 9.55. The van der Waals surface area contributed by atoms with Crippen molar-refractivity contribution in [3.05, 3.63) is 83.2 Å². The molecule has 1 atom stereocenters. The largest absolute Gasteiger partial charge is 0.497 e. The van der Waals surface area contributed by atoms with Gasteiger partial charge in [0.1, 0.15) is 17.2 Å². The number of benzene rings is 3. The van der Waals surface area contributed by atoms with Gasteiger partial charge in [0, 0.05) is 5.69 Å². The van der Waals surface area contributed by atoms with Crippen LogP contribution in [0.4, 0.5) is 0 Å². The van der Waals surface area contributed by atoms with Crippen molar-refractivity contribution in [1.29, 1.82) is 0 Å². The Morgan fingerprint density at radius 1 is 0.892 bits per heavy atom. The van der Waals surface area contributed by atoms with E-state index in [4.69, 9.17) is 14.2 Å². The Morgan fingerprint density at radius 3 is 2.32 bits per heavy atom. The van der Waals surface area contributed by atoms with E-state index in [0.29, 0.717) is 17.7 Å². The number of fused-ring (bicyclic) bond motifs is 1. The maximum absolute atomic E-state index is 13.8. The molecular formula is C31H34N2O4.